The Morgan fingerprint density at radius 2 is 1.94 bits per heavy atom. The van der Waals surface area contributed by atoms with Gasteiger partial charge in [0.05, 0.1) is 5.41 Å². The molecule has 2 amide bonds. The van der Waals surface area contributed by atoms with Crippen molar-refractivity contribution in [3.8, 4) is 0 Å². The number of urea groups is 1. The average Bonchev–Trinajstić information content (AvgIpc) is 2.35. The first-order valence-corrected chi connectivity index (χ1v) is 7.52. The molecule has 0 bridgehead atoms. The van der Waals surface area contributed by atoms with Gasteiger partial charge in [-0.15, -0.1) is 0 Å². The van der Waals surface area contributed by atoms with Gasteiger partial charge in [0, 0.05) is 32.4 Å². The summed E-state index contributed by atoms with van der Waals surface area (Å²) in [5.41, 5.74) is -0.672. The Balaban J connectivity index is 2.47. The Morgan fingerprint density at radius 1 is 1.39 bits per heavy atom. The molecule has 1 fully saturated rings. The van der Waals surface area contributed by atoms with Crippen LogP contribution >= 0.6 is 11.8 Å². The third-order valence-electron chi connectivity index (χ3n) is 3.61. The van der Waals surface area contributed by atoms with E-state index in [0.29, 0.717) is 25.9 Å². The highest BCUT2D eigenvalue weighted by atomic mass is 32.2. The van der Waals surface area contributed by atoms with Gasteiger partial charge in [-0.2, -0.15) is 11.8 Å². The maximum atomic E-state index is 12.1. The minimum absolute atomic E-state index is 0.0106. The molecule has 0 aromatic rings. The van der Waals surface area contributed by atoms with E-state index in [4.69, 9.17) is 5.11 Å². The number of carboxylic acids is 1. The van der Waals surface area contributed by atoms with Crippen LogP contribution in [-0.2, 0) is 4.79 Å². The summed E-state index contributed by atoms with van der Waals surface area (Å²) >= 11 is 1.71. The molecule has 1 rings (SSSR count). The predicted octanol–water partition coefficient (Wildman–Crippen LogP) is 1.59. The maximum absolute atomic E-state index is 12.1. The van der Waals surface area contributed by atoms with E-state index >= 15 is 0 Å². The summed E-state index contributed by atoms with van der Waals surface area (Å²) in [6, 6.07) is 0.0106. The highest BCUT2D eigenvalue weighted by Gasteiger charge is 2.38. The van der Waals surface area contributed by atoms with Crippen molar-refractivity contribution in [3.63, 3.8) is 0 Å². The number of thioether (sulfide) groups is 1. The number of amides is 2. The molecule has 6 heteroatoms. The minimum atomic E-state index is -0.759. The molecular weight excluding hydrogens is 252 g/mol. The maximum Gasteiger partial charge on any atom is 0.319 e. The van der Waals surface area contributed by atoms with Crippen molar-refractivity contribution >= 4 is 23.8 Å². The molecule has 18 heavy (non-hydrogen) atoms. The van der Waals surface area contributed by atoms with E-state index in [-0.39, 0.29) is 6.03 Å². The van der Waals surface area contributed by atoms with Gasteiger partial charge < -0.3 is 14.9 Å². The fourth-order valence-electron chi connectivity index (χ4n) is 1.97. The number of rotatable bonds is 4. The highest BCUT2D eigenvalue weighted by Crippen LogP contribution is 2.31. The fraction of sp³-hybridized carbons (Fsp3) is 0.833. The highest BCUT2D eigenvalue weighted by molar-refractivity contribution is 7.98. The largest absolute Gasteiger partial charge is 0.481 e. The molecule has 1 aliphatic heterocycles. The number of aliphatic carboxylic acids is 1. The quantitative estimate of drug-likeness (QED) is 0.845. The number of likely N-dealkylation sites (tertiary alicyclic amines) is 1. The molecule has 1 aliphatic rings. The second-order valence-electron chi connectivity index (χ2n) is 5.05. The number of carboxylic acid groups (broad SMARTS) is 1. The summed E-state index contributed by atoms with van der Waals surface area (Å²) in [4.78, 5) is 26.7. The normalized spacial score (nSPS) is 18.5. The van der Waals surface area contributed by atoms with Crippen molar-refractivity contribution in [1.29, 1.82) is 0 Å². The molecule has 0 spiro atoms. The van der Waals surface area contributed by atoms with Crippen LogP contribution in [0.5, 0.6) is 0 Å². The second-order valence-corrected chi connectivity index (χ2v) is 6.04. The van der Waals surface area contributed by atoms with Crippen LogP contribution in [0.1, 0.15) is 19.8 Å². The SMILES string of the molecule is CSCCN(C)C(=O)N1CCC(C)(C(=O)O)CC1. The molecule has 0 unspecified atom stereocenters. The number of carbonyl (C=O) groups excluding carboxylic acids is 1. The van der Waals surface area contributed by atoms with Crippen molar-refractivity contribution in [3.05, 3.63) is 0 Å². The first kappa shape index (κ1) is 15.1. The lowest BCUT2D eigenvalue weighted by Crippen LogP contribution is -2.49. The molecule has 0 aromatic heterocycles. The van der Waals surface area contributed by atoms with Crippen LogP contribution < -0.4 is 0 Å². The zero-order valence-corrected chi connectivity index (χ0v) is 12.1. The zero-order valence-electron chi connectivity index (χ0n) is 11.3. The summed E-state index contributed by atoms with van der Waals surface area (Å²) in [5.74, 6) is 0.161. The summed E-state index contributed by atoms with van der Waals surface area (Å²) in [6.07, 6.45) is 3.08. The lowest BCUT2D eigenvalue weighted by molar-refractivity contribution is -0.150. The molecule has 0 radical (unpaired) electrons. The van der Waals surface area contributed by atoms with Crippen molar-refractivity contribution < 1.29 is 14.7 Å². The van der Waals surface area contributed by atoms with Crippen LogP contribution in [0.2, 0.25) is 0 Å². The van der Waals surface area contributed by atoms with Crippen LogP contribution in [0.25, 0.3) is 0 Å². The van der Waals surface area contributed by atoms with E-state index in [0.717, 1.165) is 12.3 Å². The molecule has 1 N–H and O–H groups in total. The Hall–Kier alpha value is -0.910. The summed E-state index contributed by atoms with van der Waals surface area (Å²) in [6.45, 7) is 3.55. The first-order valence-electron chi connectivity index (χ1n) is 6.13. The first-order chi connectivity index (χ1) is 8.40. The van der Waals surface area contributed by atoms with Crippen LogP contribution in [-0.4, -0.2) is 65.6 Å². The molecule has 104 valence electrons. The molecule has 0 aromatic carbocycles. The number of piperidine rings is 1. The van der Waals surface area contributed by atoms with Gasteiger partial charge in [0.2, 0.25) is 0 Å². The number of hydrogen-bond acceptors (Lipinski definition) is 3. The van der Waals surface area contributed by atoms with Gasteiger partial charge in [-0.25, -0.2) is 4.79 Å². The third kappa shape index (κ3) is 3.54. The molecule has 0 saturated carbocycles. The van der Waals surface area contributed by atoms with Crippen molar-refractivity contribution in [2.24, 2.45) is 5.41 Å². The second kappa shape index (κ2) is 6.31. The van der Waals surface area contributed by atoms with Crippen LogP contribution in [0.4, 0.5) is 4.79 Å². The van der Waals surface area contributed by atoms with Gasteiger partial charge in [0.25, 0.3) is 0 Å². The van der Waals surface area contributed by atoms with Crippen molar-refractivity contribution in [2.75, 3.05) is 38.7 Å². The fourth-order valence-corrected chi connectivity index (χ4v) is 2.43. The lowest BCUT2D eigenvalue weighted by atomic mass is 9.80. The van der Waals surface area contributed by atoms with Gasteiger partial charge in [0.1, 0.15) is 0 Å². The van der Waals surface area contributed by atoms with Crippen LogP contribution in [0.3, 0.4) is 0 Å². The standard InChI is InChI=1S/C12H22N2O3S/c1-12(10(15)16)4-6-14(7-5-12)11(17)13(2)8-9-18-3/h4-9H2,1-3H3,(H,15,16). The lowest BCUT2D eigenvalue weighted by Gasteiger charge is -2.38. The minimum Gasteiger partial charge on any atom is -0.481 e. The third-order valence-corrected chi connectivity index (χ3v) is 4.20. The number of nitrogens with zero attached hydrogens (tertiary/aromatic N) is 2. The van der Waals surface area contributed by atoms with Crippen LogP contribution in [0.15, 0.2) is 0 Å². The van der Waals surface area contributed by atoms with E-state index in [1.807, 2.05) is 6.26 Å². The molecule has 1 saturated heterocycles. The Bertz CT molecular complexity index is 314. The summed E-state index contributed by atoms with van der Waals surface area (Å²) < 4.78 is 0. The van der Waals surface area contributed by atoms with E-state index in [1.54, 1.807) is 35.5 Å². The molecule has 0 aliphatic carbocycles. The molecule has 5 nitrogen and oxygen atoms in total. The predicted molar refractivity (Wildman–Crippen MR) is 73.0 cm³/mol. The monoisotopic (exact) mass is 274 g/mol. The Labute approximate surface area is 113 Å². The number of hydrogen-bond donors (Lipinski definition) is 1. The number of carbonyl (C=O) groups is 2. The smallest absolute Gasteiger partial charge is 0.319 e. The molecule has 0 atom stereocenters. The van der Waals surface area contributed by atoms with E-state index in [1.165, 1.54) is 0 Å². The van der Waals surface area contributed by atoms with Gasteiger partial charge >= 0.3 is 12.0 Å². The molecule has 1 heterocycles. The zero-order chi connectivity index (χ0) is 13.8. The summed E-state index contributed by atoms with van der Waals surface area (Å²) in [5, 5.41) is 9.13. The van der Waals surface area contributed by atoms with Gasteiger partial charge in [-0.05, 0) is 26.0 Å². The van der Waals surface area contributed by atoms with E-state index in [9.17, 15) is 9.59 Å². The average molecular weight is 274 g/mol. The van der Waals surface area contributed by atoms with E-state index < -0.39 is 11.4 Å². The topological polar surface area (TPSA) is 60.9 Å². The summed E-state index contributed by atoms with van der Waals surface area (Å²) in [7, 11) is 1.80. The van der Waals surface area contributed by atoms with Gasteiger partial charge in [-0.1, -0.05) is 0 Å². The van der Waals surface area contributed by atoms with Crippen LogP contribution in [0, 0.1) is 5.41 Å². The van der Waals surface area contributed by atoms with Gasteiger partial charge in [-0.3, -0.25) is 4.79 Å². The van der Waals surface area contributed by atoms with Crippen molar-refractivity contribution in [1.82, 2.24) is 9.80 Å². The van der Waals surface area contributed by atoms with Gasteiger partial charge in [0.15, 0.2) is 0 Å². The Kier molecular flexibility index (Phi) is 5.31. The Morgan fingerprint density at radius 3 is 2.39 bits per heavy atom. The van der Waals surface area contributed by atoms with E-state index in [2.05, 4.69) is 0 Å². The van der Waals surface area contributed by atoms with Crippen molar-refractivity contribution in [2.45, 2.75) is 19.8 Å². The molecular formula is C12H22N2O3S.